The number of hydrogen-bond acceptors (Lipinski definition) is 6. The zero-order valence-corrected chi connectivity index (χ0v) is 21.0. The number of hydrogen-bond donors (Lipinski definition) is 1. The van der Waals surface area contributed by atoms with E-state index in [2.05, 4.69) is 31.7 Å². The van der Waals surface area contributed by atoms with Crippen LogP contribution in [0.15, 0.2) is 53.6 Å². The smallest absolute Gasteiger partial charge is 0.357 e. The van der Waals surface area contributed by atoms with Crippen LogP contribution in [0.3, 0.4) is 0 Å². The SMILES string of the molecule is CCCCn1c2cc(-c3cncc(OS(=O)(=O)F)c3)c(CC)cc2c(=O)c2c3ccc(C#N)cc3[nH]c21. The lowest BCUT2D eigenvalue weighted by atomic mass is 9.95. The number of aryl methyl sites for hydroxylation is 2. The summed E-state index contributed by atoms with van der Waals surface area (Å²) in [5.74, 6) is -0.245. The second-order valence-electron chi connectivity index (χ2n) is 8.82. The van der Waals surface area contributed by atoms with Gasteiger partial charge in [0.05, 0.1) is 28.7 Å². The average Bonchev–Trinajstić information content (AvgIpc) is 3.26. The maximum absolute atomic E-state index is 13.8. The molecule has 0 fully saturated rings. The van der Waals surface area contributed by atoms with E-state index >= 15 is 0 Å². The molecule has 5 rings (SSSR count). The first kappa shape index (κ1) is 24.5. The summed E-state index contributed by atoms with van der Waals surface area (Å²) in [6.07, 6.45) is 5.06. The van der Waals surface area contributed by atoms with E-state index in [-0.39, 0.29) is 11.2 Å². The van der Waals surface area contributed by atoms with E-state index in [0.717, 1.165) is 35.6 Å². The van der Waals surface area contributed by atoms with Crippen molar-refractivity contribution in [3.8, 4) is 22.9 Å². The minimum Gasteiger partial charge on any atom is -0.357 e. The second kappa shape index (κ2) is 9.33. The van der Waals surface area contributed by atoms with Crippen LogP contribution in [0.4, 0.5) is 3.89 Å². The molecule has 37 heavy (non-hydrogen) atoms. The molecular formula is C27H23FN4O4S. The summed E-state index contributed by atoms with van der Waals surface area (Å²) in [5, 5.41) is 11.2. The van der Waals surface area contributed by atoms with Crippen molar-refractivity contribution in [2.45, 2.75) is 39.7 Å². The van der Waals surface area contributed by atoms with Crippen molar-refractivity contribution in [3.63, 3.8) is 0 Å². The van der Waals surface area contributed by atoms with E-state index in [1.807, 2.05) is 19.1 Å². The van der Waals surface area contributed by atoms with Gasteiger partial charge in [-0.2, -0.15) is 13.7 Å². The third kappa shape index (κ3) is 4.42. The van der Waals surface area contributed by atoms with Gasteiger partial charge in [0, 0.05) is 34.6 Å². The van der Waals surface area contributed by atoms with Crippen LogP contribution in [0.1, 0.15) is 37.8 Å². The van der Waals surface area contributed by atoms with E-state index in [1.54, 1.807) is 18.2 Å². The molecule has 0 amide bonds. The minimum absolute atomic E-state index is 0.117. The van der Waals surface area contributed by atoms with Gasteiger partial charge in [0.2, 0.25) is 0 Å². The molecule has 0 saturated heterocycles. The molecule has 0 radical (unpaired) electrons. The van der Waals surface area contributed by atoms with Crippen molar-refractivity contribution in [2.24, 2.45) is 0 Å². The lowest BCUT2D eigenvalue weighted by Gasteiger charge is -2.16. The second-order valence-corrected chi connectivity index (χ2v) is 9.77. The Bertz CT molecular complexity index is 1900. The third-order valence-electron chi connectivity index (χ3n) is 6.50. The van der Waals surface area contributed by atoms with Crippen LogP contribution in [0, 0.1) is 11.3 Å². The number of nitriles is 1. The molecule has 0 aliphatic carbocycles. The average molecular weight is 519 g/mol. The standard InChI is InChI=1S/C27H23FN4O4S/c1-3-5-8-32-24-12-21(18-10-19(15-30-14-18)36-37(28,34)35)17(4-2)11-22(24)26(33)25-20-7-6-16(13-29)9-23(20)31-27(25)32/h6-7,9-12,14-15,31H,3-5,8H2,1-2H3. The Labute approximate surface area is 212 Å². The molecule has 2 aromatic carbocycles. The van der Waals surface area contributed by atoms with Gasteiger partial charge < -0.3 is 13.7 Å². The van der Waals surface area contributed by atoms with Crippen molar-refractivity contribution in [2.75, 3.05) is 0 Å². The first-order valence-electron chi connectivity index (χ1n) is 11.9. The molecule has 0 bridgehead atoms. The first-order chi connectivity index (χ1) is 17.7. The van der Waals surface area contributed by atoms with Crippen LogP contribution in [0.25, 0.3) is 44.0 Å². The number of fused-ring (bicyclic) bond motifs is 4. The highest BCUT2D eigenvalue weighted by Crippen LogP contribution is 2.33. The Hall–Kier alpha value is -4.23. The number of unbranched alkanes of at least 4 members (excludes halogenated alkanes) is 1. The van der Waals surface area contributed by atoms with Gasteiger partial charge >= 0.3 is 10.5 Å². The molecule has 188 valence electrons. The van der Waals surface area contributed by atoms with E-state index in [9.17, 15) is 22.4 Å². The molecule has 0 saturated carbocycles. The Balaban J connectivity index is 1.84. The summed E-state index contributed by atoms with van der Waals surface area (Å²) in [5.41, 5.74) is 4.58. The normalized spacial score (nSPS) is 11.8. The predicted molar refractivity (Wildman–Crippen MR) is 140 cm³/mol. The summed E-state index contributed by atoms with van der Waals surface area (Å²) >= 11 is 0. The molecule has 5 aromatic rings. The molecule has 0 unspecified atom stereocenters. The quantitative estimate of drug-likeness (QED) is 0.283. The first-order valence-corrected chi connectivity index (χ1v) is 13.2. The zero-order chi connectivity index (χ0) is 26.3. The van der Waals surface area contributed by atoms with Gasteiger partial charge in [-0.05, 0) is 54.3 Å². The monoisotopic (exact) mass is 518 g/mol. The number of rotatable bonds is 7. The molecule has 8 nitrogen and oxygen atoms in total. The highest BCUT2D eigenvalue weighted by Gasteiger charge is 2.19. The van der Waals surface area contributed by atoms with Crippen molar-refractivity contribution < 1.29 is 16.5 Å². The molecular weight excluding hydrogens is 495 g/mol. The summed E-state index contributed by atoms with van der Waals surface area (Å²) < 4.78 is 41.6. The number of nitrogens with zero attached hydrogens (tertiary/aromatic N) is 3. The van der Waals surface area contributed by atoms with Gasteiger partial charge in [-0.25, -0.2) is 0 Å². The van der Waals surface area contributed by atoms with Crippen LogP contribution in [0.2, 0.25) is 0 Å². The maximum atomic E-state index is 13.8. The van der Waals surface area contributed by atoms with Crippen LogP contribution in [-0.2, 0) is 23.5 Å². The lowest BCUT2D eigenvalue weighted by molar-refractivity contribution is 0.439. The van der Waals surface area contributed by atoms with Gasteiger partial charge in [0.15, 0.2) is 11.2 Å². The van der Waals surface area contributed by atoms with Gasteiger partial charge in [-0.1, -0.05) is 30.2 Å². The number of halogens is 1. The van der Waals surface area contributed by atoms with Gasteiger partial charge in [0.25, 0.3) is 0 Å². The zero-order valence-electron chi connectivity index (χ0n) is 20.2. The van der Waals surface area contributed by atoms with E-state index in [4.69, 9.17) is 0 Å². The van der Waals surface area contributed by atoms with Gasteiger partial charge in [-0.15, -0.1) is 0 Å². The van der Waals surface area contributed by atoms with Gasteiger partial charge in [-0.3, -0.25) is 9.78 Å². The number of benzene rings is 2. The fourth-order valence-corrected chi connectivity index (χ4v) is 5.14. The number of aromatic amines is 1. The number of pyridine rings is 2. The molecule has 3 aromatic heterocycles. The Morgan fingerprint density at radius 2 is 1.95 bits per heavy atom. The highest BCUT2D eigenvalue weighted by atomic mass is 32.3. The maximum Gasteiger partial charge on any atom is 0.488 e. The molecule has 1 N–H and O–H groups in total. The van der Waals surface area contributed by atoms with E-state index in [0.29, 0.717) is 51.5 Å². The number of H-pyrrole nitrogens is 1. The molecule has 0 spiro atoms. The molecule has 0 atom stereocenters. The van der Waals surface area contributed by atoms with Crippen LogP contribution >= 0.6 is 0 Å². The number of aromatic nitrogens is 3. The Morgan fingerprint density at radius 1 is 1.14 bits per heavy atom. The van der Waals surface area contributed by atoms with Crippen molar-refractivity contribution in [1.82, 2.24) is 14.5 Å². The highest BCUT2D eigenvalue weighted by molar-refractivity contribution is 7.81. The molecule has 0 aliphatic rings. The van der Waals surface area contributed by atoms with Crippen LogP contribution in [-0.4, -0.2) is 23.0 Å². The number of nitrogens with one attached hydrogen (secondary N) is 1. The lowest BCUT2D eigenvalue weighted by Crippen LogP contribution is -2.12. The summed E-state index contributed by atoms with van der Waals surface area (Å²) in [4.78, 5) is 21.2. The van der Waals surface area contributed by atoms with Crippen molar-refractivity contribution in [1.29, 1.82) is 5.26 Å². The van der Waals surface area contributed by atoms with Crippen molar-refractivity contribution in [3.05, 3.63) is 70.1 Å². The summed E-state index contributed by atoms with van der Waals surface area (Å²) in [7, 11) is -5.20. The topological polar surface area (TPSA) is 118 Å². The molecule has 0 aliphatic heterocycles. The van der Waals surface area contributed by atoms with Crippen LogP contribution < -0.4 is 9.61 Å². The third-order valence-corrected chi connectivity index (χ3v) is 6.89. The summed E-state index contributed by atoms with van der Waals surface area (Å²) in [6.45, 7) is 4.69. The summed E-state index contributed by atoms with van der Waals surface area (Å²) in [6, 6.07) is 12.5. The van der Waals surface area contributed by atoms with Gasteiger partial charge in [0.1, 0.15) is 5.65 Å². The Morgan fingerprint density at radius 3 is 2.65 bits per heavy atom. The molecule has 10 heteroatoms. The Kier molecular flexibility index (Phi) is 6.17. The fourth-order valence-electron chi connectivity index (χ4n) is 4.81. The minimum atomic E-state index is -5.20. The predicted octanol–water partition coefficient (Wildman–Crippen LogP) is 5.53. The van der Waals surface area contributed by atoms with E-state index < -0.39 is 10.5 Å². The van der Waals surface area contributed by atoms with Crippen molar-refractivity contribution >= 4 is 43.3 Å². The molecule has 3 heterocycles. The van der Waals surface area contributed by atoms with Crippen LogP contribution in [0.5, 0.6) is 5.75 Å². The largest absolute Gasteiger partial charge is 0.488 e. The van der Waals surface area contributed by atoms with E-state index in [1.165, 1.54) is 12.3 Å². The fraction of sp³-hybridized carbons (Fsp3) is 0.222.